The number of hydrogen-bond donors (Lipinski definition) is 0. The first-order valence-electron chi connectivity index (χ1n) is 18.7. The maximum atomic E-state index is 6.62. The lowest BCUT2D eigenvalue weighted by molar-refractivity contribution is 0.0202. The van der Waals surface area contributed by atoms with Gasteiger partial charge >= 0.3 is 0 Å². The van der Waals surface area contributed by atoms with Crippen LogP contribution >= 0.6 is 22.7 Å². The summed E-state index contributed by atoms with van der Waals surface area (Å²) in [6.45, 7) is 26.4. The lowest BCUT2D eigenvalue weighted by atomic mass is 10.3. The molecule has 48 heavy (non-hydrogen) atoms. The second-order valence-corrected chi connectivity index (χ2v) is 40.4. The van der Waals surface area contributed by atoms with E-state index in [9.17, 15) is 0 Å². The third kappa shape index (κ3) is 10.1. The van der Waals surface area contributed by atoms with Crippen LogP contribution in [0.3, 0.4) is 0 Å². The Kier molecular flexibility index (Phi) is 21.7. The molecule has 0 saturated carbocycles. The van der Waals surface area contributed by atoms with E-state index in [2.05, 4.69) is 82.9 Å². The lowest BCUT2D eigenvalue weighted by Gasteiger charge is -2.48. The van der Waals surface area contributed by atoms with Crippen molar-refractivity contribution >= 4 is 68.6 Å². The zero-order valence-electron chi connectivity index (χ0n) is 32.2. The second-order valence-electron chi connectivity index (χ2n) is 12.8. The lowest BCUT2D eigenvalue weighted by Crippen LogP contribution is -2.75. The van der Waals surface area contributed by atoms with E-state index in [0.717, 1.165) is 6.61 Å². The van der Waals surface area contributed by atoms with Crippen molar-refractivity contribution in [3.8, 4) is 0 Å². The first-order valence-corrected chi connectivity index (χ1v) is 31.7. The molecule has 0 aliphatic carbocycles. The average Bonchev–Trinajstić information content (AvgIpc) is 3.77. The first kappa shape index (κ1) is 44.2. The molecule has 6 nitrogen and oxygen atoms in total. The molecule has 0 aliphatic heterocycles. The maximum absolute atomic E-state index is 6.62. The van der Waals surface area contributed by atoms with Gasteiger partial charge in [-0.2, -0.15) is 22.7 Å². The summed E-state index contributed by atoms with van der Waals surface area (Å²) in [6, 6.07) is 10.6. The molecule has 0 amide bonds. The molecule has 12 heteroatoms. The van der Waals surface area contributed by atoms with Crippen molar-refractivity contribution in [3.63, 3.8) is 0 Å². The highest BCUT2D eigenvalue weighted by Crippen LogP contribution is 2.37. The Labute approximate surface area is 306 Å². The summed E-state index contributed by atoms with van der Waals surface area (Å²) in [5, 5.41) is 11.1. The predicted molar refractivity (Wildman–Crippen MR) is 219 cm³/mol. The Morgan fingerprint density at radius 3 is 1.50 bits per heavy atom. The van der Waals surface area contributed by atoms with Gasteiger partial charge in [-0.05, 0) is 42.1 Å². The smallest absolute Gasteiger partial charge is 0.0901 e. The fraction of sp³-hybridized carbons (Fsp3) is 0.778. The van der Waals surface area contributed by atoms with Crippen molar-refractivity contribution in [2.45, 2.75) is 117 Å². The Hall–Kier alpha value is 0.0275. The quantitative estimate of drug-likeness (QED) is 0.0626. The van der Waals surface area contributed by atoms with Crippen LogP contribution in [0.5, 0.6) is 0 Å². The van der Waals surface area contributed by atoms with Gasteiger partial charge in [0.05, 0.1) is 88.8 Å². The summed E-state index contributed by atoms with van der Waals surface area (Å²) in [6.07, 6.45) is 0. The van der Waals surface area contributed by atoms with E-state index >= 15 is 0 Å². The largest absolute Gasteiger partial charge is 0.382 e. The maximum Gasteiger partial charge on any atom is 0.0901 e. The fourth-order valence-electron chi connectivity index (χ4n) is 8.55. The van der Waals surface area contributed by atoms with Gasteiger partial charge in [0.1, 0.15) is 0 Å². The van der Waals surface area contributed by atoms with E-state index in [0.29, 0.717) is 59.5 Å². The Morgan fingerprint density at radius 1 is 0.542 bits per heavy atom. The first-order chi connectivity index (χ1) is 23.4. The molecule has 0 aliphatic rings. The fourth-order valence-corrected chi connectivity index (χ4v) is 50.8. The standard InChI is InChI=1S/C36H69O6S2Si4/c1-11-45(12-2)46(13-3,14-4)36-33(28-42-26-24-40-22-20-38-10)35(31-44-36)48(17-7,18-8)47(15-5,16-6)34-30-43-29-32(34)27-41-25-23-39-21-19-37-9/h29-31H,11-28H2,1-10H3. The highest BCUT2D eigenvalue weighted by atomic mass is 32.1. The van der Waals surface area contributed by atoms with E-state index in [1.807, 2.05) is 11.3 Å². The van der Waals surface area contributed by atoms with Crippen LogP contribution in [0.25, 0.3) is 0 Å². The molecular formula is C36H69O6S2Si4. The van der Waals surface area contributed by atoms with Crippen molar-refractivity contribution in [2.24, 2.45) is 0 Å². The molecule has 277 valence electrons. The minimum atomic E-state index is -2.01. The Bertz CT molecular complexity index is 1110. The van der Waals surface area contributed by atoms with Gasteiger partial charge in [0.2, 0.25) is 0 Å². The van der Waals surface area contributed by atoms with Crippen LogP contribution in [0.4, 0.5) is 0 Å². The van der Waals surface area contributed by atoms with Crippen LogP contribution < -0.4 is 14.9 Å². The van der Waals surface area contributed by atoms with Crippen molar-refractivity contribution in [1.82, 2.24) is 0 Å². The van der Waals surface area contributed by atoms with Gasteiger partial charge in [-0.25, -0.2) is 0 Å². The van der Waals surface area contributed by atoms with Gasteiger partial charge < -0.3 is 28.4 Å². The molecule has 0 bridgehead atoms. The molecule has 2 heterocycles. The summed E-state index contributed by atoms with van der Waals surface area (Å²) < 4.78 is 36.5. The molecule has 0 N–H and O–H groups in total. The number of hydrogen-bond acceptors (Lipinski definition) is 8. The van der Waals surface area contributed by atoms with E-state index in [4.69, 9.17) is 28.4 Å². The van der Waals surface area contributed by atoms with Crippen LogP contribution in [-0.2, 0) is 41.6 Å². The molecule has 0 aromatic carbocycles. The van der Waals surface area contributed by atoms with E-state index in [-0.39, 0.29) is 0 Å². The summed E-state index contributed by atoms with van der Waals surface area (Å²) in [7, 11) is -2.66. The van der Waals surface area contributed by atoms with Gasteiger partial charge in [0, 0.05) is 22.5 Å². The van der Waals surface area contributed by atoms with Crippen LogP contribution in [0.15, 0.2) is 16.1 Å². The topological polar surface area (TPSA) is 55.4 Å². The van der Waals surface area contributed by atoms with Gasteiger partial charge in [-0.1, -0.05) is 104 Å². The molecule has 0 saturated heterocycles. The van der Waals surface area contributed by atoms with Crippen molar-refractivity contribution in [2.75, 3.05) is 67.1 Å². The number of thiophene rings is 2. The molecule has 0 fully saturated rings. The number of methoxy groups -OCH3 is 2. The molecule has 2 rings (SSSR count). The Morgan fingerprint density at radius 2 is 1.02 bits per heavy atom. The zero-order valence-corrected chi connectivity index (χ0v) is 37.9. The minimum Gasteiger partial charge on any atom is -0.382 e. The van der Waals surface area contributed by atoms with Gasteiger partial charge in [0.25, 0.3) is 0 Å². The summed E-state index contributed by atoms with van der Waals surface area (Å²) in [4.78, 5) is 0. The molecule has 0 unspecified atom stereocenters. The monoisotopic (exact) mass is 773 g/mol. The van der Waals surface area contributed by atoms with Crippen molar-refractivity contribution in [3.05, 3.63) is 27.3 Å². The Balaban J connectivity index is 2.66. The van der Waals surface area contributed by atoms with Crippen LogP contribution in [0, 0.1) is 0 Å². The molecular weight excluding hydrogens is 705 g/mol. The summed E-state index contributed by atoms with van der Waals surface area (Å²) >= 11 is 4.04. The minimum absolute atomic E-state index is 0.452. The van der Waals surface area contributed by atoms with Gasteiger partial charge in [-0.3, -0.25) is 0 Å². The molecule has 0 atom stereocenters. The predicted octanol–water partition coefficient (Wildman–Crippen LogP) is 7.65. The van der Waals surface area contributed by atoms with Gasteiger partial charge in [-0.15, -0.1) is 0 Å². The highest BCUT2D eigenvalue weighted by Gasteiger charge is 2.55. The van der Waals surface area contributed by atoms with E-state index < -0.39 is 31.1 Å². The molecule has 1 radical (unpaired) electrons. The van der Waals surface area contributed by atoms with E-state index in [1.165, 1.54) is 53.9 Å². The normalized spacial score (nSPS) is 12.9. The number of rotatable bonds is 29. The van der Waals surface area contributed by atoms with Gasteiger partial charge in [0.15, 0.2) is 0 Å². The molecule has 2 aromatic rings. The van der Waals surface area contributed by atoms with Crippen LogP contribution in [0.2, 0.25) is 48.4 Å². The van der Waals surface area contributed by atoms with Crippen LogP contribution in [0.1, 0.15) is 66.5 Å². The zero-order chi connectivity index (χ0) is 35.5. The summed E-state index contributed by atoms with van der Waals surface area (Å²) in [5.41, 5.74) is 3.06. The van der Waals surface area contributed by atoms with Crippen molar-refractivity contribution < 1.29 is 28.4 Å². The third-order valence-electron chi connectivity index (χ3n) is 11.3. The van der Waals surface area contributed by atoms with E-state index in [1.54, 1.807) is 34.7 Å². The summed E-state index contributed by atoms with van der Waals surface area (Å²) in [5.74, 6) is 0. The third-order valence-corrected chi connectivity index (χ3v) is 52.1. The highest BCUT2D eigenvalue weighted by molar-refractivity contribution is 7.53. The average molecular weight is 774 g/mol. The van der Waals surface area contributed by atoms with Crippen molar-refractivity contribution in [1.29, 1.82) is 0 Å². The molecule has 0 spiro atoms. The SMILES string of the molecule is CC[Si](CC)[Si](CC)(CC)c1scc([Si](CC)(CC)[Si](CC)(CC)c2cscc2COCCOCCOC)c1COCCOCCOC. The number of ether oxygens (including phenoxy) is 6. The molecule has 2 aromatic heterocycles. The second kappa shape index (κ2) is 23.6. The van der Waals surface area contributed by atoms with Crippen LogP contribution in [-0.4, -0.2) is 98.2 Å².